The molecule has 0 bridgehead atoms. The summed E-state index contributed by atoms with van der Waals surface area (Å²) in [5.74, 6) is 0. The summed E-state index contributed by atoms with van der Waals surface area (Å²) in [6.45, 7) is 10.2. The highest BCUT2D eigenvalue weighted by atomic mass is 32.2. The molecule has 0 radical (unpaired) electrons. The quantitative estimate of drug-likeness (QED) is 0.849. The Balaban J connectivity index is 1.59. The number of sulfone groups is 1. The van der Waals surface area contributed by atoms with E-state index < -0.39 is 20.8 Å². The van der Waals surface area contributed by atoms with Crippen molar-refractivity contribution in [3.8, 4) is 0 Å². The summed E-state index contributed by atoms with van der Waals surface area (Å²) >= 11 is 0. The summed E-state index contributed by atoms with van der Waals surface area (Å²) < 4.78 is 38.4. The molecule has 1 spiro atoms. The average Bonchev–Trinajstić information content (AvgIpc) is 3.00. The van der Waals surface area contributed by atoms with Gasteiger partial charge in [0, 0.05) is 25.7 Å². The van der Waals surface area contributed by atoms with Crippen molar-refractivity contribution < 1.29 is 17.9 Å². The number of morpholine rings is 1. The van der Waals surface area contributed by atoms with E-state index in [1.165, 1.54) is 0 Å². The molecule has 26 heavy (non-hydrogen) atoms. The van der Waals surface area contributed by atoms with Crippen molar-refractivity contribution in [1.82, 2.24) is 10.2 Å². The zero-order valence-electron chi connectivity index (χ0n) is 15.7. The molecule has 3 fully saturated rings. The van der Waals surface area contributed by atoms with E-state index in [0.717, 1.165) is 49.4 Å². The highest BCUT2D eigenvalue weighted by molar-refractivity contribution is 7.92. The zero-order chi connectivity index (χ0) is 18.5. The Morgan fingerprint density at radius 1 is 1.15 bits per heavy atom. The molecule has 4 rings (SSSR count). The van der Waals surface area contributed by atoms with Crippen LogP contribution in [0.2, 0.25) is 0 Å². The Morgan fingerprint density at radius 3 is 2.38 bits per heavy atom. The van der Waals surface area contributed by atoms with Crippen LogP contribution in [0.15, 0.2) is 17.0 Å². The maximum atomic E-state index is 13.4. The van der Waals surface area contributed by atoms with E-state index >= 15 is 0 Å². The van der Waals surface area contributed by atoms with Crippen LogP contribution in [0.25, 0.3) is 0 Å². The molecule has 3 unspecified atom stereocenters. The Morgan fingerprint density at radius 2 is 1.81 bits per heavy atom. The molecule has 3 aliphatic rings. The molecule has 0 saturated carbocycles. The van der Waals surface area contributed by atoms with Crippen LogP contribution in [0.3, 0.4) is 0 Å². The number of hydrogen-bond donors (Lipinski definition) is 1. The van der Waals surface area contributed by atoms with E-state index in [1.54, 1.807) is 0 Å². The molecular formula is C19H28N2O4S. The number of hydrogen-bond acceptors (Lipinski definition) is 6. The molecule has 3 aliphatic heterocycles. The molecule has 3 saturated heterocycles. The molecule has 1 N–H and O–H groups in total. The van der Waals surface area contributed by atoms with Gasteiger partial charge in [0.05, 0.1) is 24.7 Å². The lowest BCUT2D eigenvalue weighted by molar-refractivity contribution is -0.0518. The van der Waals surface area contributed by atoms with Gasteiger partial charge >= 0.3 is 0 Å². The van der Waals surface area contributed by atoms with Crippen LogP contribution in [-0.2, 0) is 19.3 Å². The van der Waals surface area contributed by atoms with E-state index in [9.17, 15) is 8.42 Å². The van der Waals surface area contributed by atoms with Crippen LogP contribution in [0.5, 0.6) is 0 Å². The fraction of sp³-hybridized carbons (Fsp3) is 0.684. The van der Waals surface area contributed by atoms with Crippen LogP contribution in [-0.4, -0.2) is 69.8 Å². The summed E-state index contributed by atoms with van der Waals surface area (Å²) in [7, 11) is -3.51. The molecule has 0 aromatic heterocycles. The van der Waals surface area contributed by atoms with Gasteiger partial charge in [-0.1, -0.05) is 17.7 Å². The van der Waals surface area contributed by atoms with Gasteiger partial charge < -0.3 is 9.47 Å². The summed E-state index contributed by atoms with van der Waals surface area (Å²) in [4.78, 5) is 2.83. The van der Waals surface area contributed by atoms with Crippen LogP contribution in [0.4, 0.5) is 0 Å². The van der Waals surface area contributed by atoms with E-state index in [-0.39, 0.29) is 6.04 Å². The summed E-state index contributed by atoms with van der Waals surface area (Å²) in [5.41, 5.74) is 2.11. The fourth-order valence-corrected chi connectivity index (χ4v) is 7.17. The fourth-order valence-electron chi connectivity index (χ4n) is 4.80. The van der Waals surface area contributed by atoms with Crippen molar-refractivity contribution >= 4 is 9.84 Å². The Kier molecular flexibility index (Phi) is 4.64. The first kappa shape index (κ1) is 18.4. The summed E-state index contributed by atoms with van der Waals surface area (Å²) in [6.07, 6.45) is 0.758. The third kappa shape index (κ3) is 2.90. The average molecular weight is 381 g/mol. The molecule has 3 heterocycles. The van der Waals surface area contributed by atoms with Crippen molar-refractivity contribution in [1.29, 1.82) is 0 Å². The van der Waals surface area contributed by atoms with Crippen molar-refractivity contribution in [2.24, 2.45) is 0 Å². The minimum Gasteiger partial charge on any atom is -0.379 e. The maximum Gasteiger partial charge on any atom is 0.197 e. The van der Waals surface area contributed by atoms with E-state index in [4.69, 9.17) is 9.47 Å². The first-order chi connectivity index (χ1) is 12.3. The molecule has 0 amide bonds. The Bertz CT molecular complexity index is 781. The third-order valence-corrected chi connectivity index (χ3v) is 8.40. The first-order valence-electron chi connectivity index (χ1n) is 9.34. The Hall–Kier alpha value is -0.990. The first-order valence-corrected chi connectivity index (χ1v) is 10.9. The van der Waals surface area contributed by atoms with E-state index in [0.29, 0.717) is 18.0 Å². The highest BCUT2D eigenvalue weighted by Crippen LogP contribution is 2.42. The number of aryl methyl sites for hydroxylation is 3. The molecule has 144 valence electrons. The largest absolute Gasteiger partial charge is 0.379 e. The minimum absolute atomic E-state index is 0.277. The monoisotopic (exact) mass is 380 g/mol. The van der Waals surface area contributed by atoms with E-state index in [2.05, 4.69) is 10.2 Å². The van der Waals surface area contributed by atoms with Crippen molar-refractivity contribution in [2.45, 2.75) is 49.1 Å². The standard InChI is InChI=1S/C19H28N2O4S/c1-13-8-14(2)17(15(3)9-13)26(22,23)18-19(12-20-18)10-16(11-25-19)21-4-6-24-7-5-21/h8-9,16,18,20H,4-7,10-12H2,1-3H3. The van der Waals surface area contributed by atoms with Gasteiger partial charge in [0.15, 0.2) is 9.84 Å². The molecule has 3 atom stereocenters. The van der Waals surface area contributed by atoms with Gasteiger partial charge in [-0.15, -0.1) is 0 Å². The van der Waals surface area contributed by atoms with Gasteiger partial charge in [0.2, 0.25) is 0 Å². The van der Waals surface area contributed by atoms with Crippen molar-refractivity contribution in [2.75, 3.05) is 39.5 Å². The molecule has 1 aromatic carbocycles. The van der Waals surface area contributed by atoms with Gasteiger partial charge in [0.1, 0.15) is 11.0 Å². The lowest BCUT2D eigenvalue weighted by Crippen LogP contribution is -2.70. The van der Waals surface area contributed by atoms with E-state index in [1.807, 2.05) is 32.9 Å². The Labute approximate surface area is 155 Å². The van der Waals surface area contributed by atoms with Gasteiger partial charge in [-0.05, 0) is 38.3 Å². The SMILES string of the molecule is Cc1cc(C)c(S(=O)(=O)C2NCC23CC(N2CCOCC2)CO3)c(C)c1. The zero-order valence-corrected chi connectivity index (χ0v) is 16.6. The summed E-state index contributed by atoms with van der Waals surface area (Å²) in [5, 5.41) is 2.49. The lowest BCUT2D eigenvalue weighted by atomic mass is 9.91. The predicted octanol–water partition coefficient (Wildman–Crippen LogP) is 1.17. The molecule has 7 heteroatoms. The number of rotatable bonds is 3. The summed E-state index contributed by atoms with van der Waals surface area (Å²) in [6, 6.07) is 4.16. The van der Waals surface area contributed by atoms with Gasteiger partial charge in [-0.2, -0.15) is 0 Å². The smallest absolute Gasteiger partial charge is 0.197 e. The number of benzene rings is 1. The second-order valence-corrected chi connectivity index (χ2v) is 9.89. The van der Waals surface area contributed by atoms with Crippen LogP contribution in [0, 0.1) is 20.8 Å². The minimum atomic E-state index is -3.51. The van der Waals surface area contributed by atoms with Gasteiger partial charge in [-0.3, -0.25) is 10.2 Å². The second-order valence-electron chi connectivity index (χ2n) is 7.92. The molecule has 6 nitrogen and oxygen atoms in total. The molecule has 1 aromatic rings. The maximum absolute atomic E-state index is 13.4. The van der Waals surface area contributed by atoms with Gasteiger partial charge in [0.25, 0.3) is 0 Å². The van der Waals surface area contributed by atoms with Crippen LogP contribution < -0.4 is 5.32 Å². The van der Waals surface area contributed by atoms with Crippen molar-refractivity contribution in [3.63, 3.8) is 0 Å². The molecular weight excluding hydrogens is 352 g/mol. The number of nitrogens with zero attached hydrogens (tertiary/aromatic N) is 1. The topological polar surface area (TPSA) is 67.9 Å². The van der Waals surface area contributed by atoms with Crippen molar-refractivity contribution in [3.05, 3.63) is 28.8 Å². The second kappa shape index (κ2) is 6.56. The highest BCUT2D eigenvalue weighted by Gasteiger charge is 2.59. The van der Waals surface area contributed by atoms with Crippen LogP contribution >= 0.6 is 0 Å². The number of ether oxygens (including phenoxy) is 2. The van der Waals surface area contributed by atoms with Gasteiger partial charge in [-0.25, -0.2) is 8.42 Å². The normalized spacial score (nSPS) is 32.7. The molecule has 0 aliphatic carbocycles. The number of nitrogens with one attached hydrogen (secondary N) is 1. The predicted molar refractivity (Wildman–Crippen MR) is 99.1 cm³/mol. The lowest BCUT2D eigenvalue weighted by Gasteiger charge is -2.46. The third-order valence-electron chi connectivity index (χ3n) is 5.97. The van der Waals surface area contributed by atoms with Crippen LogP contribution in [0.1, 0.15) is 23.1 Å².